The molecule has 3 rings (SSSR count). The number of ether oxygens (including phenoxy) is 1. The van der Waals surface area contributed by atoms with Gasteiger partial charge in [0, 0.05) is 25.7 Å². The lowest BCUT2D eigenvalue weighted by Gasteiger charge is -2.31. The van der Waals surface area contributed by atoms with Crippen LogP contribution in [0.5, 0.6) is 0 Å². The Morgan fingerprint density at radius 1 is 1.11 bits per heavy atom. The van der Waals surface area contributed by atoms with Crippen molar-refractivity contribution in [1.29, 1.82) is 0 Å². The van der Waals surface area contributed by atoms with Crippen molar-refractivity contribution in [2.45, 2.75) is 31.7 Å². The summed E-state index contributed by atoms with van der Waals surface area (Å²) < 4.78 is 18.7. The molecule has 1 saturated heterocycles. The van der Waals surface area contributed by atoms with Crippen LogP contribution in [-0.4, -0.2) is 49.7 Å². The average Bonchev–Trinajstić information content (AvgIpc) is 2.74. The van der Waals surface area contributed by atoms with Crippen molar-refractivity contribution < 1.29 is 13.9 Å². The predicted octanol–water partition coefficient (Wildman–Crippen LogP) is 3.38. The van der Waals surface area contributed by atoms with Gasteiger partial charge in [-0.3, -0.25) is 9.69 Å². The fourth-order valence-electron chi connectivity index (χ4n) is 3.58. The average molecular weight is 384 g/mol. The Hall–Kier alpha value is -2.24. The normalized spacial score (nSPS) is 17.1. The van der Waals surface area contributed by atoms with Crippen LogP contribution >= 0.6 is 0 Å². The van der Waals surface area contributed by atoms with Crippen LogP contribution in [0.1, 0.15) is 30.4 Å². The van der Waals surface area contributed by atoms with E-state index in [2.05, 4.69) is 17.1 Å². The highest BCUT2D eigenvalue weighted by Crippen LogP contribution is 2.22. The first-order chi connectivity index (χ1) is 13.7. The van der Waals surface area contributed by atoms with Crippen molar-refractivity contribution in [3.63, 3.8) is 0 Å². The van der Waals surface area contributed by atoms with Crippen LogP contribution in [0, 0.1) is 5.82 Å². The molecule has 0 spiro atoms. The van der Waals surface area contributed by atoms with E-state index < -0.39 is 0 Å². The number of carbonyl (C=O) groups excluding carboxylic acids is 1. The fraction of sp³-hybridized carbons (Fsp3) is 0.435. The highest BCUT2D eigenvalue weighted by atomic mass is 19.1. The molecule has 1 heterocycles. The molecule has 1 amide bonds. The molecule has 5 heteroatoms. The summed E-state index contributed by atoms with van der Waals surface area (Å²) in [5.41, 5.74) is 1.93. The molecular formula is C23H29FN2O2. The maximum Gasteiger partial charge on any atom is 0.228 e. The molecule has 1 aliphatic rings. The number of benzene rings is 2. The SMILES string of the molecule is CCC(CN1CCOCC1)NC(=O)C(Cc1ccc(F)cc1)c1ccccc1. The molecule has 0 aromatic heterocycles. The maximum atomic E-state index is 13.3. The van der Waals surface area contributed by atoms with E-state index in [-0.39, 0.29) is 23.7 Å². The number of carbonyl (C=O) groups is 1. The Kier molecular flexibility index (Phi) is 7.57. The van der Waals surface area contributed by atoms with Gasteiger partial charge in [-0.05, 0) is 36.1 Å². The minimum atomic E-state index is -0.301. The smallest absolute Gasteiger partial charge is 0.228 e. The van der Waals surface area contributed by atoms with Gasteiger partial charge in [0.15, 0.2) is 0 Å². The number of morpholine rings is 1. The molecule has 2 atom stereocenters. The zero-order chi connectivity index (χ0) is 19.8. The van der Waals surface area contributed by atoms with E-state index in [1.165, 1.54) is 12.1 Å². The minimum absolute atomic E-state index is 0.0237. The second kappa shape index (κ2) is 10.3. The molecule has 2 aromatic rings. The largest absolute Gasteiger partial charge is 0.379 e. The van der Waals surface area contributed by atoms with Gasteiger partial charge >= 0.3 is 0 Å². The third-order valence-electron chi connectivity index (χ3n) is 5.29. The first-order valence-electron chi connectivity index (χ1n) is 10.1. The monoisotopic (exact) mass is 384 g/mol. The minimum Gasteiger partial charge on any atom is -0.379 e. The Morgan fingerprint density at radius 3 is 2.43 bits per heavy atom. The van der Waals surface area contributed by atoms with Crippen LogP contribution in [0.2, 0.25) is 0 Å². The van der Waals surface area contributed by atoms with E-state index >= 15 is 0 Å². The molecule has 2 unspecified atom stereocenters. The topological polar surface area (TPSA) is 41.6 Å². The van der Waals surface area contributed by atoms with Crippen LogP contribution in [0.15, 0.2) is 54.6 Å². The van der Waals surface area contributed by atoms with Gasteiger partial charge in [0.05, 0.1) is 19.1 Å². The van der Waals surface area contributed by atoms with Crippen molar-refractivity contribution in [1.82, 2.24) is 10.2 Å². The van der Waals surface area contributed by atoms with Gasteiger partial charge in [-0.1, -0.05) is 49.4 Å². The molecule has 1 N–H and O–H groups in total. The van der Waals surface area contributed by atoms with Crippen LogP contribution in [-0.2, 0) is 16.0 Å². The summed E-state index contributed by atoms with van der Waals surface area (Å²) in [6.07, 6.45) is 1.42. The molecule has 2 aromatic carbocycles. The first kappa shape index (κ1) is 20.5. The lowest BCUT2D eigenvalue weighted by Crippen LogP contribution is -2.48. The standard InChI is InChI=1S/C23H29FN2O2/c1-2-21(17-26-12-14-28-15-13-26)25-23(27)22(19-6-4-3-5-7-19)16-18-8-10-20(24)11-9-18/h3-11,21-22H,2,12-17H2,1H3,(H,25,27). The number of hydrogen-bond donors (Lipinski definition) is 1. The molecule has 1 fully saturated rings. The van der Waals surface area contributed by atoms with E-state index in [0.717, 1.165) is 50.4 Å². The van der Waals surface area contributed by atoms with Crippen LogP contribution in [0.3, 0.4) is 0 Å². The summed E-state index contributed by atoms with van der Waals surface area (Å²) in [6, 6.07) is 16.3. The summed E-state index contributed by atoms with van der Waals surface area (Å²) in [7, 11) is 0. The van der Waals surface area contributed by atoms with Gasteiger partial charge in [-0.15, -0.1) is 0 Å². The van der Waals surface area contributed by atoms with Gasteiger partial charge in [0.1, 0.15) is 5.82 Å². The predicted molar refractivity (Wildman–Crippen MR) is 109 cm³/mol. The van der Waals surface area contributed by atoms with Crippen LogP contribution < -0.4 is 5.32 Å². The summed E-state index contributed by atoms with van der Waals surface area (Å²) in [5, 5.41) is 3.25. The lowest BCUT2D eigenvalue weighted by molar-refractivity contribution is -0.123. The van der Waals surface area contributed by atoms with Crippen molar-refractivity contribution >= 4 is 5.91 Å². The van der Waals surface area contributed by atoms with Gasteiger partial charge in [0.2, 0.25) is 5.91 Å². The second-order valence-corrected chi connectivity index (χ2v) is 7.32. The van der Waals surface area contributed by atoms with E-state index in [1.807, 2.05) is 30.3 Å². The first-order valence-corrected chi connectivity index (χ1v) is 10.1. The van der Waals surface area contributed by atoms with Gasteiger partial charge < -0.3 is 10.1 Å². The van der Waals surface area contributed by atoms with Crippen molar-refractivity contribution in [3.8, 4) is 0 Å². The van der Waals surface area contributed by atoms with E-state index in [0.29, 0.717) is 6.42 Å². The third-order valence-corrected chi connectivity index (χ3v) is 5.29. The van der Waals surface area contributed by atoms with Crippen molar-refractivity contribution in [3.05, 3.63) is 71.5 Å². The molecule has 28 heavy (non-hydrogen) atoms. The molecule has 0 bridgehead atoms. The number of hydrogen-bond acceptors (Lipinski definition) is 3. The number of rotatable bonds is 8. The summed E-state index contributed by atoms with van der Waals surface area (Å²) in [6.45, 7) is 6.25. The summed E-state index contributed by atoms with van der Waals surface area (Å²) in [4.78, 5) is 15.5. The van der Waals surface area contributed by atoms with E-state index in [1.54, 1.807) is 12.1 Å². The number of amides is 1. The van der Waals surface area contributed by atoms with Gasteiger partial charge in [-0.2, -0.15) is 0 Å². The lowest BCUT2D eigenvalue weighted by atomic mass is 9.91. The zero-order valence-corrected chi connectivity index (χ0v) is 16.4. The highest BCUT2D eigenvalue weighted by Gasteiger charge is 2.24. The van der Waals surface area contributed by atoms with E-state index in [9.17, 15) is 9.18 Å². The Bertz CT molecular complexity index is 730. The molecule has 0 saturated carbocycles. The number of nitrogens with zero attached hydrogens (tertiary/aromatic N) is 1. The number of halogens is 1. The molecule has 0 aliphatic carbocycles. The summed E-state index contributed by atoms with van der Waals surface area (Å²) in [5.74, 6) is -0.540. The van der Waals surface area contributed by atoms with Crippen molar-refractivity contribution in [2.75, 3.05) is 32.8 Å². The molecule has 0 radical (unpaired) electrons. The second-order valence-electron chi connectivity index (χ2n) is 7.32. The van der Waals surface area contributed by atoms with E-state index in [4.69, 9.17) is 4.74 Å². The maximum absolute atomic E-state index is 13.3. The third kappa shape index (κ3) is 5.88. The van der Waals surface area contributed by atoms with Crippen molar-refractivity contribution in [2.24, 2.45) is 0 Å². The van der Waals surface area contributed by atoms with Crippen LogP contribution in [0.4, 0.5) is 4.39 Å². The quantitative estimate of drug-likeness (QED) is 0.759. The Morgan fingerprint density at radius 2 is 1.79 bits per heavy atom. The molecular weight excluding hydrogens is 355 g/mol. The Balaban J connectivity index is 1.70. The fourth-order valence-corrected chi connectivity index (χ4v) is 3.58. The molecule has 4 nitrogen and oxygen atoms in total. The summed E-state index contributed by atoms with van der Waals surface area (Å²) >= 11 is 0. The van der Waals surface area contributed by atoms with Crippen LogP contribution in [0.25, 0.3) is 0 Å². The molecule has 1 aliphatic heterocycles. The van der Waals surface area contributed by atoms with Gasteiger partial charge in [0.25, 0.3) is 0 Å². The Labute approximate surface area is 166 Å². The van der Waals surface area contributed by atoms with Gasteiger partial charge in [-0.25, -0.2) is 4.39 Å². The molecule has 150 valence electrons. The zero-order valence-electron chi connectivity index (χ0n) is 16.4. The number of nitrogens with one attached hydrogen (secondary N) is 1. The highest BCUT2D eigenvalue weighted by molar-refractivity contribution is 5.84.